The number of halogens is 1. The van der Waals surface area contributed by atoms with Gasteiger partial charge in [0, 0.05) is 26.6 Å². The van der Waals surface area contributed by atoms with Crippen molar-refractivity contribution in [1.82, 2.24) is 4.57 Å². The number of hydrogen-bond acceptors (Lipinski definition) is 2. The van der Waals surface area contributed by atoms with Crippen LogP contribution in [0.2, 0.25) is 5.15 Å². The monoisotopic (exact) mass is 201 g/mol. The first-order valence-electron chi connectivity index (χ1n) is 3.92. The van der Waals surface area contributed by atoms with E-state index in [1.165, 1.54) is 6.92 Å². The van der Waals surface area contributed by atoms with Crippen molar-refractivity contribution in [3.8, 4) is 0 Å². The molecule has 0 unspecified atom stereocenters. The Hall–Kier alpha value is -0.800. The highest BCUT2D eigenvalue weighted by Crippen LogP contribution is 2.21. The fourth-order valence-electron chi connectivity index (χ4n) is 1.24. The minimum atomic E-state index is 0.00625. The Balaban J connectivity index is 3.12. The minimum Gasteiger partial charge on any atom is -0.380 e. The molecule has 3 nitrogen and oxygen atoms in total. The number of methoxy groups -OCH3 is 1. The highest BCUT2D eigenvalue weighted by atomic mass is 35.5. The van der Waals surface area contributed by atoms with Gasteiger partial charge in [0.15, 0.2) is 5.78 Å². The molecule has 0 N–H and O–H groups in total. The van der Waals surface area contributed by atoms with E-state index in [4.69, 9.17) is 16.3 Å². The van der Waals surface area contributed by atoms with Crippen LogP contribution in [0.3, 0.4) is 0 Å². The van der Waals surface area contributed by atoms with Gasteiger partial charge in [-0.15, -0.1) is 0 Å². The first-order chi connectivity index (χ1) is 6.07. The third kappa shape index (κ3) is 1.92. The van der Waals surface area contributed by atoms with Crippen molar-refractivity contribution in [3.63, 3.8) is 0 Å². The topological polar surface area (TPSA) is 31.2 Å². The molecule has 0 saturated heterocycles. The molecular weight excluding hydrogens is 190 g/mol. The van der Waals surface area contributed by atoms with Gasteiger partial charge in [-0.1, -0.05) is 11.6 Å². The van der Waals surface area contributed by atoms with Crippen molar-refractivity contribution in [2.75, 3.05) is 7.11 Å². The van der Waals surface area contributed by atoms with Gasteiger partial charge in [0.05, 0.1) is 12.3 Å². The quantitative estimate of drug-likeness (QED) is 0.701. The van der Waals surface area contributed by atoms with Crippen LogP contribution in [0.15, 0.2) is 6.07 Å². The summed E-state index contributed by atoms with van der Waals surface area (Å²) < 4.78 is 6.61. The van der Waals surface area contributed by atoms with E-state index in [-0.39, 0.29) is 5.78 Å². The molecule has 0 bridgehead atoms. The Morgan fingerprint density at radius 3 is 2.69 bits per heavy atom. The number of aromatic nitrogens is 1. The van der Waals surface area contributed by atoms with Crippen molar-refractivity contribution in [1.29, 1.82) is 0 Å². The molecule has 1 aromatic rings. The molecule has 0 aliphatic heterocycles. The van der Waals surface area contributed by atoms with Gasteiger partial charge in [0.2, 0.25) is 0 Å². The lowest BCUT2D eigenvalue weighted by atomic mass is 10.3. The molecular formula is C9H12ClNO2. The molecule has 0 aliphatic carbocycles. The van der Waals surface area contributed by atoms with Crippen molar-refractivity contribution in [2.45, 2.75) is 13.5 Å². The highest BCUT2D eigenvalue weighted by Gasteiger charge is 2.12. The molecule has 13 heavy (non-hydrogen) atoms. The Bertz CT molecular complexity index is 331. The second-order valence-electron chi connectivity index (χ2n) is 2.89. The molecule has 1 aromatic heterocycles. The lowest BCUT2D eigenvalue weighted by Gasteiger charge is -1.99. The summed E-state index contributed by atoms with van der Waals surface area (Å²) >= 11 is 5.97. The summed E-state index contributed by atoms with van der Waals surface area (Å²) in [4.78, 5) is 11.1. The van der Waals surface area contributed by atoms with Crippen molar-refractivity contribution in [2.24, 2.45) is 7.05 Å². The summed E-state index contributed by atoms with van der Waals surface area (Å²) in [5.41, 5.74) is 1.45. The van der Waals surface area contributed by atoms with Crippen LogP contribution >= 0.6 is 11.6 Å². The maximum atomic E-state index is 11.1. The first kappa shape index (κ1) is 10.3. The van der Waals surface area contributed by atoms with E-state index in [0.717, 1.165) is 5.56 Å². The molecule has 72 valence electrons. The van der Waals surface area contributed by atoms with E-state index in [9.17, 15) is 4.79 Å². The van der Waals surface area contributed by atoms with Gasteiger partial charge in [0.25, 0.3) is 0 Å². The van der Waals surface area contributed by atoms with E-state index in [1.807, 2.05) is 0 Å². The van der Waals surface area contributed by atoms with Gasteiger partial charge in [-0.3, -0.25) is 4.79 Å². The Morgan fingerprint density at radius 2 is 2.31 bits per heavy atom. The van der Waals surface area contributed by atoms with Crippen molar-refractivity contribution in [3.05, 3.63) is 22.5 Å². The number of ketones is 1. The zero-order chi connectivity index (χ0) is 10.0. The predicted octanol–water partition coefficient (Wildman–Crippen LogP) is 2.03. The summed E-state index contributed by atoms with van der Waals surface area (Å²) in [7, 11) is 3.36. The second-order valence-corrected chi connectivity index (χ2v) is 3.25. The lowest BCUT2D eigenvalue weighted by molar-refractivity contribution is 0.101. The molecule has 0 fully saturated rings. The van der Waals surface area contributed by atoms with Crippen LogP contribution in [-0.4, -0.2) is 17.5 Å². The molecule has 4 heteroatoms. The molecule has 1 rings (SSSR count). The number of nitrogens with zero attached hydrogens (tertiary/aromatic N) is 1. The highest BCUT2D eigenvalue weighted by molar-refractivity contribution is 6.30. The number of hydrogen-bond donors (Lipinski definition) is 0. The third-order valence-corrected chi connectivity index (χ3v) is 2.39. The van der Waals surface area contributed by atoms with Crippen molar-refractivity contribution < 1.29 is 9.53 Å². The fraction of sp³-hybridized carbons (Fsp3) is 0.444. The first-order valence-corrected chi connectivity index (χ1v) is 4.29. The predicted molar refractivity (Wildman–Crippen MR) is 51.1 cm³/mol. The fourth-order valence-corrected chi connectivity index (χ4v) is 1.44. The van der Waals surface area contributed by atoms with E-state index in [1.54, 1.807) is 24.8 Å². The summed E-state index contributed by atoms with van der Waals surface area (Å²) in [5.74, 6) is 0.00625. The smallest absolute Gasteiger partial charge is 0.176 e. The van der Waals surface area contributed by atoms with Crippen LogP contribution in [0.25, 0.3) is 0 Å². The molecule has 1 heterocycles. The van der Waals surface area contributed by atoms with Gasteiger partial charge in [-0.05, 0) is 6.07 Å². The Labute approximate surface area is 82.3 Å². The Morgan fingerprint density at radius 1 is 1.69 bits per heavy atom. The SMILES string of the molecule is COCc1cc(C(C)=O)n(C)c1Cl. The number of Topliss-reactive ketones (excluding diaryl/α,β-unsaturated/α-hetero) is 1. The molecule has 0 aromatic carbocycles. The maximum absolute atomic E-state index is 11.1. The lowest BCUT2D eigenvalue weighted by Crippen LogP contribution is -2.00. The zero-order valence-electron chi connectivity index (χ0n) is 7.93. The number of carbonyl (C=O) groups is 1. The van der Waals surface area contributed by atoms with Crippen LogP contribution in [0.1, 0.15) is 23.0 Å². The Kier molecular flexibility index (Phi) is 3.12. The molecule has 0 atom stereocenters. The molecule has 0 amide bonds. The van der Waals surface area contributed by atoms with Gasteiger partial charge in [-0.2, -0.15) is 0 Å². The molecule has 0 spiro atoms. The van der Waals surface area contributed by atoms with Gasteiger partial charge >= 0.3 is 0 Å². The van der Waals surface area contributed by atoms with Crippen LogP contribution in [0.5, 0.6) is 0 Å². The summed E-state index contributed by atoms with van der Waals surface area (Å²) in [6, 6.07) is 1.76. The van der Waals surface area contributed by atoms with E-state index in [2.05, 4.69) is 0 Å². The number of ether oxygens (including phenoxy) is 1. The molecule has 0 radical (unpaired) electrons. The average molecular weight is 202 g/mol. The van der Waals surface area contributed by atoms with Crippen LogP contribution in [0, 0.1) is 0 Å². The largest absolute Gasteiger partial charge is 0.380 e. The summed E-state index contributed by atoms with van der Waals surface area (Å²) in [5, 5.41) is 0.562. The van der Waals surface area contributed by atoms with Gasteiger partial charge in [0.1, 0.15) is 5.15 Å². The van der Waals surface area contributed by atoms with Crippen molar-refractivity contribution >= 4 is 17.4 Å². The molecule has 0 aliphatic rings. The second kappa shape index (κ2) is 3.94. The zero-order valence-corrected chi connectivity index (χ0v) is 8.68. The summed E-state index contributed by atoms with van der Waals surface area (Å²) in [6.07, 6.45) is 0. The third-order valence-electron chi connectivity index (χ3n) is 1.89. The summed E-state index contributed by atoms with van der Waals surface area (Å²) in [6.45, 7) is 1.95. The van der Waals surface area contributed by atoms with E-state index < -0.39 is 0 Å². The van der Waals surface area contributed by atoms with Crippen LogP contribution in [0.4, 0.5) is 0 Å². The standard InChI is InChI=1S/C9H12ClNO2/c1-6(12)8-4-7(5-13-3)9(10)11(8)2/h4H,5H2,1-3H3. The van der Waals surface area contributed by atoms with Crippen LogP contribution < -0.4 is 0 Å². The normalized spacial score (nSPS) is 10.5. The van der Waals surface area contributed by atoms with Gasteiger partial charge in [-0.25, -0.2) is 0 Å². The van der Waals surface area contributed by atoms with Crippen LogP contribution in [-0.2, 0) is 18.4 Å². The van der Waals surface area contributed by atoms with Gasteiger partial charge < -0.3 is 9.30 Å². The van der Waals surface area contributed by atoms with E-state index in [0.29, 0.717) is 17.5 Å². The van der Waals surface area contributed by atoms with E-state index >= 15 is 0 Å². The average Bonchev–Trinajstić information content (AvgIpc) is 2.33. The number of carbonyl (C=O) groups excluding carboxylic acids is 1. The number of rotatable bonds is 3. The molecule has 0 saturated carbocycles. The maximum Gasteiger partial charge on any atom is 0.176 e. The minimum absolute atomic E-state index is 0.00625.